The number of carbonyl (C=O) groups is 1. The van der Waals surface area contributed by atoms with Gasteiger partial charge in [0.2, 0.25) is 0 Å². The third-order valence-corrected chi connectivity index (χ3v) is 4.75. The molecule has 2 aliphatic rings. The molecule has 1 heterocycles. The molecule has 2 fully saturated rings. The minimum absolute atomic E-state index is 0.0995. The predicted molar refractivity (Wildman–Crippen MR) is 77.2 cm³/mol. The summed E-state index contributed by atoms with van der Waals surface area (Å²) in [4.78, 5) is 14.8. The van der Waals surface area contributed by atoms with Crippen LogP contribution in [0.3, 0.4) is 0 Å². The highest BCUT2D eigenvalue weighted by Gasteiger charge is 2.37. The van der Waals surface area contributed by atoms with Crippen molar-refractivity contribution in [3.05, 3.63) is 0 Å². The van der Waals surface area contributed by atoms with Crippen molar-refractivity contribution in [2.75, 3.05) is 33.4 Å². The Morgan fingerprint density at radius 3 is 2.74 bits per heavy atom. The van der Waals surface area contributed by atoms with Gasteiger partial charge in [0.25, 0.3) is 0 Å². The Morgan fingerprint density at radius 2 is 2.05 bits per heavy atom. The van der Waals surface area contributed by atoms with E-state index in [2.05, 4.69) is 25.8 Å². The van der Waals surface area contributed by atoms with Crippen LogP contribution in [0.25, 0.3) is 0 Å². The highest BCUT2D eigenvalue weighted by molar-refractivity contribution is 5.87. The van der Waals surface area contributed by atoms with Crippen LogP contribution >= 0.6 is 0 Å². The Balaban J connectivity index is 1.80. The van der Waals surface area contributed by atoms with Crippen LogP contribution in [0.1, 0.15) is 46.0 Å². The third-order valence-electron chi connectivity index (χ3n) is 4.75. The van der Waals surface area contributed by atoms with Gasteiger partial charge in [-0.1, -0.05) is 20.3 Å². The highest BCUT2D eigenvalue weighted by Crippen LogP contribution is 2.35. The van der Waals surface area contributed by atoms with Crippen molar-refractivity contribution in [2.24, 2.45) is 17.3 Å². The number of nitrogens with zero attached hydrogens (tertiary/aromatic N) is 1. The molecular formula is C16H29NO2. The summed E-state index contributed by atoms with van der Waals surface area (Å²) in [5.74, 6) is 1.38. The number of hydrogen-bond donors (Lipinski definition) is 0. The fourth-order valence-corrected chi connectivity index (χ4v) is 3.61. The molecule has 0 radical (unpaired) electrons. The van der Waals surface area contributed by atoms with Crippen LogP contribution in [-0.4, -0.2) is 44.0 Å². The molecular weight excluding hydrogens is 238 g/mol. The first kappa shape index (κ1) is 15.0. The normalized spacial score (nSPS) is 31.7. The lowest BCUT2D eigenvalue weighted by atomic mass is 9.71. The van der Waals surface area contributed by atoms with Gasteiger partial charge in [-0.3, -0.25) is 4.79 Å². The Morgan fingerprint density at radius 1 is 1.26 bits per heavy atom. The molecule has 2 unspecified atom stereocenters. The highest BCUT2D eigenvalue weighted by atomic mass is 16.5. The van der Waals surface area contributed by atoms with Crippen LogP contribution in [-0.2, 0) is 9.53 Å². The molecule has 0 bridgehead atoms. The van der Waals surface area contributed by atoms with Gasteiger partial charge < -0.3 is 9.64 Å². The topological polar surface area (TPSA) is 29.5 Å². The molecule has 0 aromatic rings. The van der Waals surface area contributed by atoms with Gasteiger partial charge in [-0.15, -0.1) is 0 Å². The minimum atomic E-state index is -0.0995. The number of rotatable bonds is 4. The number of carbonyl (C=O) groups excluding carboxylic acids is 1. The Labute approximate surface area is 117 Å². The lowest BCUT2D eigenvalue weighted by molar-refractivity contribution is -0.135. The molecule has 1 saturated heterocycles. The van der Waals surface area contributed by atoms with Crippen LogP contribution in [0.5, 0.6) is 0 Å². The molecule has 1 aliphatic heterocycles. The van der Waals surface area contributed by atoms with E-state index in [1.807, 2.05) is 0 Å². The number of Topliss-reactive ketones (excluding diaryl/α,β-unsaturated/α-hetero) is 1. The van der Waals surface area contributed by atoms with E-state index in [0.717, 1.165) is 39.1 Å². The number of ether oxygens (including phenoxy) is 1. The standard InChI is InChI=1S/C16H29NO2/c1-16(2)8-4-7-14(15(16)18)11-17(3)10-13-6-5-9-19-12-13/h13-14H,4-12H2,1-3H3. The maximum Gasteiger partial charge on any atom is 0.142 e. The van der Waals surface area contributed by atoms with Crippen LogP contribution in [0.4, 0.5) is 0 Å². The van der Waals surface area contributed by atoms with Gasteiger partial charge in [-0.25, -0.2) is 0 Å². The SMILES string of the molecule is CN(CC1CCCOC1)CC1CCCC(C)(C)C1=O. The Bertz CT molecular complexity index is 308. The average molecular weight is 267 g/mol. The molecule has 0 aromatic carbocycles. The summed E-state index contributed by atoms with van der Waals surface area (Å²) in [6.45, 7) is 8.04. The molecule has 2 rings (SSSR count). The zero-order chi connectivity index (χ0) is 13.9. The maximum absolute atomic E-state index is 12.4. The fraction of sp³-hybridized carbons (Fsp3) is 0.938. The maximum atomic E-state index is 12.4. The molecule has 0 spiro atoms. The van der Waals surface area contributed by atoms with Gasteiger partial charge in [-0.05, 0) is 38.6 Å². The summed E-state index contributed by atoms with van der Waals surface area (Å²) < 4.78 is 5.53. The van der Waals surface area contributed by atoms with Gasteiger partial charge in [0.1, 0.15) is 5.78 Å². The van der Waals surface area contributed by atoms with Gasteiger partial charge in [0.05, 0.1) is 6.61 Å². The van der Waals surface area contributed by atoms with Crippen LogP contribution in [0, 0.1) is 17.3 Å². The molecule has 3 heteroatoms. The quantitative estimate of drug-likeness (QED) is 0.784. The first-order valence-corrected chi connectivity index (χ1v) is 7.79. The van der Waals surface area contributed by atoms with Crippen molar-refractivity contribution in [3.8, 4) is 0 Å². The molecule has 3 nitrogen and oxygen atoms in total. The Hall–Kier alpha value is -0.410. The van der Waals surface area contributed by atoms with E-state index in [9.17, 15) is 4.79 Å². The molecule has 0 amide bonds. The number of ketones is 1. The first-order chi connectivity index (χ1) is 8.99. The second-order valence-corrected chi connectivity index (χ2v) is 7.14. The minimum Gasteiger partial charge on any atom is -0.381 e. The Kier molecular flexibility index (Phi) is 5.02. The van der Waals surface area contributed by atoms with Crippen molar-refractivity contribution >= 4 is 5.78 Å². The smallest absolute Gasteiger partial charge is 0.142 e. The van der Waals surface area contributed by atoms with E-state index in [-0.39, 0.29) is 11.3 Å². The van der Waals surface area contributed by atoms with Crippen molar-refractivity contribution in [1.29, 1.82) is 0 Å². The predicted octanol–water partition coefficient (Wildman–Crippen LogP) is 2.74. The lowest BCUT2D eigenvalue weighted by Gasteiger charge is -2.36. The second kappa shape index (κ2) is 6.36. The monoisotopic (exact) mass is 267 g/mol. The summed E-state index contributed by atoms with van der Waals surface area (Å²) in [5, 5.41) is 0. The average Bonchev–Trinajstić information content (AvgIpc) is 2.36. The van der Waals surface area contributed by atoms with Crippen molar-refractivity contribution in [1.82, 2.24) is 4.90 Å². The van der Waals surface area contributed by atoms with Crippen molar-refractivity contribution in [2.45, 2.75) is 46.0 Å². The van der Waals surface area contributed by atoms with E-state index in [0.29, 0.717) is 11.7 Å². The van der Waals surface area contributed by atoms with E-state index in [1.54, 1.807) is 0 Å². The third kappa shape index (κ3) is 4.03. The summed E-state index contributed by atoms with van der Waals surface area (Å²) in [5.41, 5.74) is -0.0995. The summed E-state index contributed by atoms with van der Waals surface area (Å²) in [6.07, 6.45) is 5.79. The van der Waals surface area contributed by atoms with E-state index in [1.165, 1.54) is 19.3 Å². The molecule has 0 aromatic heterocycles. The molecule has 0 N–H and O–H groups in total. The summed E-state index contributed by atoms with van der Waals surface area (Å²) >= 11 is 0. The van der Waals surface area contributed by atoms with Gasteiger partial charge >= 0.3 is 0 Å². The van der Waals surface area contributed by atoms with Crippen LogP contribution in [0.2, 0.25) is 0 Å². The van der Waals surface area contributed by atoms with Gasteiger partial charge in [-0.2, -0.15) is 0 Å². The largest absolute Gasteiger partial charge is 0.381 e. The molecule has 2 atom stereocenters. The summed E-state index contributed by atoms with van der Waals surface area (Å²) in [6, 6.07) is 0. The first-order valence-electron chi connectivity index (χ1n) is 7.79. The van der Waals surface area contributed by atoms with Crippen LogP contribution < -0.4 is 0 Å². The molecule has 19 heavy (non-hydrogen) atoms. The number of hydrogen-bond acceptors (Lipinski definition) is 3. The second-order valence-electron chi connectivity index (χ2n) is 7.14. The molecule has 1 aliphatic carbocycles. The van der Waals surface area contributed by atoms with E-state index in [4.69, 9.17) is 4.74 Å². The van der Waals surface area contributed by atoms with Crippen molar-refractivity contribution < 1.29 is 9.53 Å². The van der Waals surface area contributed by atoms with Gasteiger partial charge in [0.15, 0.2) is 0 Å². The molecule has 110 valence electrons. The van der Waals surface area contributed by atoms with E-state index < -0.39 is 0 Å². The van der Waals surface area contributed by atoms with Crippen molar-refractivity contribution in [3.63, 3.8) is 0 Å². The summed E-state index contributed by atoms with van der Waals surface area (Å²) in [7, 11) is 2.16. The van der Waals surface area contributed by atoms with Crippen LogP contribution in [0.15, 0.2) is 0 Å². The fourth-order valence-electron chi connectivity index (χ4n) is 3.61. The lowest BCUT2D eigenvalue weighted by Crippen LogP contribution is -2.42. The zero-order valence-electron chi connectivity index (χ0n) is 12.8. The zero-order valence-corrected chi connectivity index (χ0v) is 12.8. The van der Waals surface area contributed by atoms with Gasteiger partial charge in [0, 0.05) is 31.0 Å². The molecule has 1 saturated carbocycles. The van der Waals surface area contributed by atoms with E-state index >= 15 is 0 Å².